The van der Waals surface area contributed by atoms with Gasteiger partial charge in [0.25, 0.3) is 0 Å². The maximum Gasteiger partial charge on any atom is 1.00 e. The first-order valence-corrected chi connectivity index (χ1v) is 9.19. The van der Waals surface area contributed by atoms with Gasteiger partial charge in [-0.3, -0.25) is 0 Å². The van der Waals surface area contributed by atoms with E-state index in [4.69, 9.17) is 11.5 Å². The summed E-state index contributed by atoms with van der Waals surface area (Å²) in [6.45, 7) is 0. The van der Waals surface area contributed by atoms with E-state index < -0.39 is 30.0 Å². The predicted molar refractivity (Wildman–Crippen MR) is 87.9 cm³/mol. The Bertz CT molecular complexity index is 919. The van der Waals surface area contributed by atoms with E-state index in [0.717, 1.165) is 24.3 Å². The van der Waals surface area contributed by atoms with E-state index in [-0.39, 0.29) is 81.6 Å². The Hall–Kier alpha value is -0.400. The first kappa shape index (κ1) is 25.6. The molecular weight excluding hydrogens is 402 g/mol. The van der Waals surface area contributed by atoms with Crippen molar-refractivity contribution in [1.82, 2.24) is 0 Å². The molecule has 0 unspecified atom stereocenters. The van der Waals surface area contributed by atoms with Crippen LogP contribution in [0.5, 0.6) is 0 Å². The minimum absolute atomic E-state index is 0. The van der Waals surface area contributed by atoms with Crippen molar-refractivity contribution in [2.75, 3.05) is 11.5 Å². The van der Waals surface area contributed by atoms with E-state index in [1.807, 2.05) is 0 Å². The molecule has 0 aliphatic heterocycles. The molecule has 8 nitrogen and oxygen atoms in total. The summed E-state index contributed by atoms with van der Waals surface area (Å²) in [5.74, 6) is 0. The summed E-state index contributed by atoms with van der Waals surface area (Å²) in [6.07, 6.45) is 0. The second kappa shape index (κ2) is 9.69. The monoisotopic (exact) mass is 414 g/mol. The van der Waals surface area contributed by atoms with Crippen LogP contribution in [0, 0.1) is 0 Å². The molecule has 2 aromatic carbocycles. The summed E-state index contributed by atoms with van der Waals surface area (Å²) < 4.78 is 70.0. The molecule has 0 spiro atoms. The fraction of sp³-hybridized carbons (Fsp3) is 0. The normalized spacial score (nSPS) is 12.4. The third-order valence-corrected chi connectivity index (χ3v) is 5.06. The number of hydrogen-bond acceptors (Lipinski definition) is 8. The Balaban J connectivity index is 0.00000312. The average molecular weight is 414 g/mol. The Labute approximate surface area is 195 Å². The second-order valence-corrected chi connectivity index (χ2v) is 7.44. The summed E-state index contributed by atoms with van der Waals surface area (Å²) in [7, 11) is -10.6. The largest absolute Gasteiger partial charge is 1.00 e. The Morgan fingerprint density at radius 2 is 0.846 bits per heavy atom. The number of hydrogen-bond donors (Lipinski definition) is 2. The van der Waals surface area contributed by atoms with Gasteiger partial charge >= 0.3 is 59.1 Å². The number of nitrogen functional groups attached to an aromatic ring is 2. The zero-order valence-electron chi connectivity index (χ0n) is 14.0. The van der Waals surface area contributed by atoms with Crippen molar-refractivity contribution in [3.05, 3.63) is 59.7 Å². The molecule has 2 aromatic rings. The summed E-state index contributed by atoms with van der Waals surface area (Å²) in [4.78, 5) is -2.27. The van der Waals surface area contributed by atoms with Crippen LogP contribution < -0.4 is 70.6 Å². The molecule has 0 aliphatic rings. The van der Waals surface area contributed by atoms with Crippen molar-refractivity contribution >= 4 is 41.4 Å². The summed E-state index contributed by atoms with van der Waals surface area (Å²) in [5.41, 5.74) is 11.0. The molecule has 0 saturated carbocycles. The maximum absolute atomic E-state index is 11.7. The summed E-state index contributed by atoms with van der Waals surface area (Å²) >= 11 is 0. The molecule has 0 fully saturated rings. The average Bonchev–Trinajstić information content (AvgIpc) is 2.45. The second-order valence-electron chi connectivity index (χ2n) is 4.81. The number of nitrogens with two attached hydrogens (primary N) is 2. The van der Waals surface area contributed by atoms with Crippen molar-refractivity contribution in [3.8, 4) is 0 Å². The molecule has 2 rings (SSSR count). The van der Waals surface area contributed by atoms with Gasteiger partial charge in [-0.2, -0.15) is 0 Å². The first-order chi connectivity index (χ1) is 11.0. The molecule has 0 bridgehead atoms. The molecule has 0 heterocycles. The zero-order chi connectivity index (χ0) is 18.1. The SMILES string of the molecule is Nc1ccc(C(=C(c2ccc(N)cc2)S(=O)(=O)[O-])S(=O)(=O)[O-])cc1.[Na+].[Na+]. The van der Waals surface area contributed by atoms with Gasteiger partial charge in [0.1, 0.15) is 20.2 Å². The van der Waals surface area contributed by atoms with Crippen molar-refractivity contribution in [3.63, 3.8) is 0 Å². The van der Waals surface area contributed by atoms with Gasteiger partial charge in [-0.05, 0) is 35.4 Å². The van der Waals surface area contributed by atoms with Gasteiger partial charge in [0.05, 0.1) is 9.81 Å². The van der Waals surface area contributed by atoms with Gasteiger partial charge < -0.3 is 20.6 Å². The van der Waals surface area contributed by atoms with Crippen molar-refractivity contribution in [1.29, 1.82) is 0 Å². The van der Waals surface area contributed by atoms with Gasteiger partial charge in [0.15, 0.2) is 0 Å². The van der Waals surface area contributed by atoms with E-state index in [0.29, 0.717) is 0 Å². The van der Waals surface area contributed by atoms with E-state index in [1.165, 1.54) is 24.3 Å². The molecule has 0 amide bonds. The van der Waals surface area contributed by atoms with E-state index in [2.05, 4.69) is 0 Å². The summed E-state index contributed by atoms with van der Waals surface area (Å²) in [6, 6.07) is 9.67. The van der Waals surface area contributed by atoms with E-state index in [1.54, 1.807) is 0 Å². The Morgan fingerprint density at radius 3 is 1.04 bits per heavy atom. The first-order valence-electron chi connectivity index (χ1n) is 6.38. The van der Waals surface area contributed by atoms with Gasteiger partial charge in [0.2, 0.25) is 0 Å². The van der Waals surface area contributed by atoms with Gasteiger partial charge in [-0.15, -0.1) is 0 Å². The smallest absolute Gasteiger partial charge is 0.744 e. The summed E-state index contributed by atoms with van der Waals surface area (Å²) in [5, 5.41) is 0. The maximum atomic E-state index is 11.7. The molecule has 0 aromatic heterocycles. The third-order valence-electron chi connectivity index (χ3n) is 3.05. The van der Waals surface area contributed by atoms with Crippen LogP contribution in [-0.4, -0.2) is 25.9 Å². The molecule has 0 radical (unpaired) electrons. The zero-order valence-corrected chi connectivity index (χ0v) is 19.7. The molecule has 0 aliphatic carbocycles. The van der Waals surface area contributed by atoms with E-state index >= 15 is 0 Å². The number of anilines is 2. The van der Waals surface area contributed by atoms with E-state index in [9.17, 15) is 25.9 Å². The van der Waals surface area contributed by atoms with Crippen LogP contribution >= 0.6 is 0 Å². The Kier molecular flexibility index (Phi) is 9.54. The Morgan fingerprint density at radius 1 is 0.615 bits per heavy atom. The van der Waals surface area contributed by atoms with Gasteiger partial charge in [-0.1, -0.05) is 24.3 Å². The van der Waals surface area contributed by atoms with Crippen molar-refractivity contribution < 1.29 is 85.1 Å². The van der Waals surface area contributed by atoms with Crippen LogP contribution in [0.15, 0.2) is 48.5 Å². The van der Waals surface area contributed by atoms with Crippen LogP contribution in [0.3, 0.4) is 0 Å². The van der Waals surface area contributed by atoms with Crippen LogP contribution in [0.2, 0.25) is 0 Å². The molecule has 12 heteroatoms. The van der Waals surface area contributed by atoms with Crippen LogP contribution in [0.1, 0.15) is 11.1 Å². The van der Waals surface area contributed by atoms with Crippen molar-refractivity contribution in [2.45, 2.75) is 0 Å². The molecule has 4 N–H and O–H groups in total. The number of benzene rings is 2. The number of rotatable bonds is 4. The van der Waals surface area contributed by atoms with Crippen LogP contribution in [-0.2, 0) is 20.2 Å². The fourth-order valence-electron chi connectivity index (χ4n) is 2.05. The molecular formula is C14H12N2Na2O6S2. The fourth-order valence-corrected chi connectivity index (χ4v) is 4.20. The standard InChI is InChI=1S/C14H14N2O6S2.2Na/c15-11-5-1-9(2-6-11)13(23(17,18)19)14(24(20,21)22)10-3-7-12(16)8-4-10;;/h1-8H,15-16H2,(H,17,18,19)(H,20,21,22);;/q;2*+1/p-2. The topological polar surface area (TPSA) is 166 Å². The minimum atomic E-state index is -5.29. The minimum Gasteiger partial charge on any atom is -0.744 e. The predicted octanol–water partition coefficient (Wildman–Crippen LogP) is -5.22. The third kappa shape index (κ3) is 6.34. The molecule has 26 heavy (non-hydrogen) atoms. The van der Waals surface area contributed by atoms with Crippen molar-refractivity contribution in [2.24, 2.45) is 0 Å². The molecule has 0 saturated heterocycles. The van der Waals surface area contributed by atoms with Crippen LogP contribution in [0.4, 0.5) is 11.4 Å². The van der Waals surface area contributed by atoms with Gasteiger partial charge in [-0.25, -0.2) is 16.8 Å². The quantitative estimate of drug-likeness (QED) is 0.217. The molecule has 128 valence electrons. The van der Waals surface area contributed by atoms with Gasteiger partial charge in [0, 0.05) is 11.4 Å². The van der Waals surface area contributed by atoms with Crippen LogP contribution in [0.25, 0.3) is 9.81 Å². The molecule has 0 atom stereocenters.